The second kappa shape index (κ2) is 5.94. The Hall–Kier alpha value is -1.79. The number of aromatic nitrogens is 1. The van der Waals surface area contributed by atoms with Crippen LogP contribution in [0.5, 0.6) is 0 Å². The molecule has 6 heteroatoms. The molecular formula is C10H12N2O4. The lowest BCUT2D eigenvalue weighted by Crippen LogP contribution is -2.35. The molecule has 86 valence electrons. The first-order chi connectivity index (χ1) is 7.61. The highest BCUT2D eigenvalue weighted by molar-refractivity contribution is 5.96. The van der Waals surface area contributed by atoms with Crippen molar-refractivity contribution in [2.75, 3.05) is 6.61 Å². The molecule has 0 fully saturated rings. The average Bonchev–Trinajstić information content (AvgIpc) is 2.29. The number of Topliss-reactive ketones (excluding diaryl/α,β-unsaturated/α-hetero) is 1. The van der Waals surface area contributed by atoms with Crippen molar-refractivity contribution in [1.29, 1.82) is 0 Å². The Morgan fingerprint density at radius 2 is 2.38 bits per heavy atom. The molecule has 0 spiro atoms. The van der Waals surface area contributed by atoms with Gasteiger partial charge < -0.3 is 5.11 Å². The van der Waals surface area contributed by atoms with Gasteiger partial charge in [0.2, 0.25) is 0 Å². The van der Waals surface area contributed by atoms with Gasteiger partial charge in [0.05, 0.1) is 0 Å². The zero-order valence-corrected chi connectivity index (χ0v) is 8.71. The molecule has 1 unspecified atom stereocenters. The molecule has 0 aliphatic heterocycles. The van der Waals surface area contributed by atoms with E-state index in [1.165, 1.54) is 13.1 Å². The highest BCUT2D eigenvalue weighted by Gasteiger charge is 2.11. The summed E-state index contributed by atoms with van der Waals surface area (Å²) in [7, 11) is 0. The Labute approximate surface area is 92.2 Å². The summed E-state index contributed by atoms with van der Waals surface area (Å²) < 4.78 is 0. The summed E-state index contributed by atoms with van der Waals surface area (Å²) in [4.78, 5) is 30.4. The fourth-order valence-corrected chi connectivity index (χ4v) is 0.894. The van der Waals surface area contributed by atoms with E-state index >= 15 is 0 Å². The van der Waals surface area contributed by atoms with E-state index in [-0.39, 0.29) is 12.4 Å². The first kappa shape index (κ1) is 12.3. The molecule has 2 N–H and O–H groups in total. The minimum absolute atomic E-state index is 0.233. The maximum atomic E-state index is 11.4. The molecule has 1 atom stereocenters. The molecule has 0 aliphatic carbocycles. The van der Waals surface area contributed by atoms with E-state index in [2.05, 4.69) is 10.5 Å². The number of hydrogen-bond donors (Lipinski definition) is 2. The Kier molecular flexibility index (Phi) is 4.56. The van der Waals surface area contributed by atoms with Gasteiger partial charge in [0, 0.05) is 18.0 Å². The Balaban J connectivity index is 2.34. The Morgan fingerprint density at radius 3 is 2.94 bits per heavy atom. The van der Waals surface area contributed by atoms with Gasteiger partial charge in [-0.25, -0.2) is 0 Å². The second-order valence-corrected chi connectivity index (χ2v) is 3.13. The number of carboxylic acid groups (broad SMARTS) is 1. The molecule has 1 heterocycles. The highest BCUT2D eigenvalue weighted by Crippen LogP contribution is 1.97. The number of hydrogen-bond acceptors (Lipinski definition) is 5. The van der Waals surface area contributed by atoms with Gasteiger partial charge in [-0.05, 0) is 19.1 Å². The van der Waals surface area contributed by atoms with Crippen molar-refractivity contribution < 1.29 is 19.5 Å². The maximum absolute atomic E-state index is 11.4. The van der Waals surface area contributed by atoms with Crippen LogP contribution in [-0.4, -0.2) is 34.5 Å². The third-order valence-corrected chi connectivity index (χ3v) is 1.82. The number of carbonyl (C=O) groups excluding carboxylic acids is 1. The average molecular weight is 224 g/mol. The zero-order valence-electron chi connectivity index (χ0n) is 8.71. The normalized spacial score (nSPS) is 12.1. The summed E-state index contributed by atoms with van der Waals surface area (Å²) in [5.41, 5.74) is 2.67. The number of nitrogens with zero attached hydrogens (tertiary/aromatic N) is 1. The van der Waals surface area contributed by atoms with Crippen molar-refractivity contribution in [3.63, 3.8) is 0 Å². The van der Waals surface area contributed by atoms with Crippen LogP contribution in [0.3, 0.4) is 0 Å². The van der Waals surface area contributed by atoms with E-state index in [1.54, 1.807) is 18.3 Å². The molecule has 0 saturated carbocycles. The second-order valence-electron chi connectivity index (χ2n) is 3.13. The van der Waals surface area contributed by atoms with E-state index < -0.39 is 12.0 Å². The van der Waals surface area contributed by atoms with Crippen molar-refractivity contribution in [2.24, 2.45) is 0 Å². The summed E-state index contributed by atoms with van der Waals surface area (Å²) in [5.74, 6) is -1.31. The molecule has 0 saturated heterocycles. The van der Waals surface area contributed by atoms with E-state index in [0.717, 1.165) is 0 Å². The number of ketones is 1. The van der Waals surface area contributed by atoms with E-state index in [1.807, 2.05) is 0 Å². The van der Waals surface area contributed by atoms with Crippen LogP contribution in [0.25, 0.3) is 0 Å². The number of carbonyl (C=O) groups is 2. The van der Waals surface area contributed by atoms with Gasteiger partial charge in [-0.3, -0.25) is 19.4 Å². The van der Waals surface area contributed by atoms with Crippen molar-refractivity contribution in [3.8, 4) is 0 Å². The van der Waals surface area contributed by atoms with Gasteiger partial charge in [0.25, 0.3) is 0 Å². The number of pyridine rings is 1. The van der Waals surface area contributed by atoms with Crippen LogP contribution in [0.15, 0.2) is 24.5 Å². The third kappa shape index (κ3) is 3.76. The van der Waals surface area contributed by atoms with Crippen LogP contribution in [0.2, 0.25) is 0 Å². The Morgan fingerprint density at radius 1 is 1.62 bits per heavy atom. The predicted molar refractivity (Wildman–Crippen MR) is 54.8 cm³/mol. The van der Waals surface area contributed by atoms with Crippen molar-refractivity contribution in [2.45, 2.75) is 13.0 Å². The van der Waals surface area contributed by atoms with Gasteiger partial charge in [0.15, 0.2) is 5.78 Å². The summed E-state index contributed by atoms with van der Waals surface area (Å²) >= 11 is 0. The monoisotopic (exact) mass is 224 g/mol. The largest absolute Gasteiger partial charge is 0.480 e. The quantitative estimate of drug-likeness (QED) is 0.532. The zero-order chi connectivity index (χ0) is 12.0. The maximum Gasteiger partial charge on any atom is 0.322 e. The first-order valence-electron chi connectivity index (χ1n) is 4.64. The Bertz CT molecular complexity index is 366. The van der Waals surface area contributed by atoms with Crippen LogP contribution in [0.1, 0.15) is 17.3 Å². The molecular weight excluding hydrogens is 212 g/mol. The highest BCUT2D eigenvalue weighted by atomic mass is 16.6. The van der Waals surface area contributed by atoms with Gasteiger partial charge in [-0.2, -0.15) is 5.48 Å². The molecule has 0 bridgehead atoms. The first-order valence-corrected chi connectivity index (χ1v) is 4.64. The van der Waals surface area contributed by atoms with E-state index in [4.69, 9.17) is 9.94 Å². The van der Waals surface area contributed by atoms with Crippen molar-refractivity contribution in [1.82, 2.24) is 10.5 Å². The SMILES string of the molecule is CC(NOCC(=O)c1cccnc1)C(=O)O. The van der Waals surface area contributed by atoms with E-state index in [0.29, 0.717) is 5.56 Å². The van der Waals surface area contributed by atoms with Crippen LogP contribution in [-0.2, 0) is 9.63 Å². The van der Waals surface area contributed by atoms with Gasteiger partial charge in [-0.1, -0.05) is 0 Å². The summed E-state index contributed by atoms with van der Waals surface area (Å²) in [6.45, 7) is 1.18. The molecule has 0 aliphatic rings. The molecule has 6 nitrogen and oxygen atoms in total. The fraction of sp³-hybridized carbons (Fsp3) is 0.300. The minimum atomic E-state index is -1.05. The lowest BCUT2D eigenvalue weighted by Gasteiger charge is -2.08. The predicted octanol–water partition coefficient (Wildman–Crippen LogP) is 0.259. The summed E-state index contributed by atoms with van der Waals surface area (Å²) in [6.07, 6.45) is 2.98. The summed E-state index contributed by atoms with van der Waals surface area (Å²) in [6, 6.07) is 2.39. The van der Waals surface area contributed by atoms with Crippen LogP contribution >= 0.6 is 0 Å². The van der Waals surface area contributed by atoms with Crippen LogP contribution in [0.4, 0.5) is 0 Å². The number of rotatable bonds is 6. The van der Waals surface area contributed by atoms with Gasteiger partial charge >= 0.3 is 5.97 Å². The molecule has 16 heavy (non-hydrogen) atoms. The topological polar surface area (TPSA) is 88.5 Å². The lowest BCUT2D eigenvalue weighted by molar-refractivity contribution is -0.143. The van der Waals surface area contributed by atoms with Crippen molar-refractivity contribution in [3.05, 3.63) is 30.1 Å². The van der Waals surface area contributed by atoms with Crippen LogP contribution < -0.4 is 5.48 Å². The molecule has 0 aromatic carbocycles. The minimum Gasteiger partial charge on any atom is -0.480 e. The molecule has 0 amide bonds. The van der Waals surface area contributed by atoms with E-state index in [9.17, 15) is 9.59 Å². The molecule has 0 radical (unpaired) electrons. The molecule has 1 aromatic rings. The van der Waals surface area contributed by atoms with Gasteiger partial charge in [-0.15, -0.1) is 0 Å². The van der Waals surface area contributed by atoms with Gasteiger partial charge in [0.1, 0.15) is 12.6 Å². The smallest absolute Gasteiger partial charge is 0.322 e. The number of carboxylic acids is 1. The standard InChI is InChI=1S/C10H12N2O4/c1-7(10(14)15)12-16-6-9(13)8-3-2-4-11-5-8/h2-5,7,12H,6H2,1H3,(H,14,15). The van der Waals surface area contributed by atoms with Crippen molar-refractivity contribution >= 4 is 11.8 Å². The molecule has 1 aromatic heterocycles. The number of aliphatic carboxylic acids is 1. The number of nitrogens with one attached hydrogen (secondary N) is 1. The summed E-state index contributed by atoms with van der Waals surface area (Å²) in [5, 5.41) is 8.53. The van der Waals surface area contributed by atoms with Crippen LogP contribution in [0, 0.1) is 0 Å². The fourth-order valence-electron chi connectivity index (χ4n) is 0.894. The molecule has 1 rings (SSSR count). The number of hydroxylamine groups is 1. The third-order valence-electron chi connectivity index (χ3n) is 1.82. The lowest BCUT2D eigenvalue weighted by atomic mass is 10.2.